The Hall–Kier alpha value is -5.00. The van der Waals surface area contributed by atoms with E-state index in [-0.39, 0.29) is 0 Å². The minimum Gasteiger partial charge on any atom is -0.478 e. The number of nitrogens with zero attached hydrogens (tertiary/aromatic N) is 4. The Labute approximate surface area is 277 Å². The molecule has 0 spiro atoms. The van der Waals surface area contributed by atoms with E-state index in [9.17, 15) is 19.8 Å². The number of rotatable bonds is 10. The standard InChI is InChI=1S/C34H36N4O2.C4H4O4/c39-25(23-37-31-13-5-1-9-27(31)28-10-2-6-14-32(28)37)21-35-17-19-36(20-18-35)22-26(40)24-38-33-15-7-3-11-29(33)30-12-4-8-16-34(30)38;5-3(6)1-2-4(7)8/h1-16,25-26,39-40H,17-24H2;1-2H,(H,5,6)(H,7,8). The van der Waals surface area contributed by atoms with Crippen LogP contribution in [0.1, 0.15) is 0 Å². The maximum Gasteiger partial charge on any atom is 0.328 e. The zero-order chi connectivity index (χ0) is 33.6. The van der Waals surface area contributed by atoms with Gasteiger partial charge in [0.05, 0.1) is 25.3 Å². The van der Waals surface area contributed by atoms with Gasteiger partial charge in [0.1, 0.15) is 0 Å². The van der Waals surface area contributed by atoms with Crippen LogP contribution in [0.5, 0.6) is 0 Å². The molecule has 1 fully saturated rings. The van der Waals surface area contributed by atoms with Crippen molar-refractivity contribution < 1.29 is 30.0 Å². The molecule has 1 aliphatic heterocycles. The number of hydrogen-bond acceptors (Lipinski definition) is 6. The second-order valence-corrected chi connectivity index (χ2v) is 12.2. The van der Waals surface area contributed by atoms with Gasteiger partial charge >= 0.3 is 11.9 Å². The lowest BCUT2D eigenvalue weighted by Gasteiger charge is -2.36. The number of fused-ring (bicyclic) bond motifs is 6. The van der Waals surface area contributed by atoms with E-state index >= 15 is 0 Å². The summed E-state index contributed by atoms with van der Waals surface area (Å²) in [5, 5.41) is 42.8. The zero-order valence-electron chi connectivity index (χ0n) is 26.6. The van der Waals surface area contributed by atoms with Crippen LogP contribution in [0.4, 0.5) is 0 Å². The molecule has 6 aromatic rings. The van der Waals surface area contributed by atoms with Crippen LogP contribution in [-0.2, 0) is 22.7 Å². The van der Waals surface area contributed by atoms with Gasteiger partial charge in [0.2, 0.25) is 0 Å². The molecule has 10 heteroatoms. The number of benzene rings is 4. The van der Waals surface area contributed by atoms with Crippen molar-refractivity contribution in [1.29, 1.82) is 0 Å². The Morgan fingerprint density at radius 2 is 0.771 bits per heavy atom. The van der Waals surface area contributed by atoms with Crippen molar-refractivity contribution >= 4 is 55.6 Å². The lowest BCUT2D eigenvalue weighted by Crippen LogP contribution is -2.50. The molecule has 0 aliphatic carbocycles. The smallest absolute Gasteiger partial charge is 0.328 e. The molecule has 0 radical (unpaired) electrons. The minimum atomic E-state index is -1.26. The van der Waals surface area contributed by atoms with Crippen molar-refractivity contribution in [3.63, 3.8) is 0 Å². The summed E-state index contributed by atoms with van der Waals surface area (Å²) in [5.41, 5.74) is 4.68. The summed E-state index contributed by atoms with van der Waals surface area (Å²) in [5.74, 6) is -2.51. The summed E-state index contributed by atoms with van der Waals surface area (Å²) in [4.78, 5) is 23.8. The number of aliphatic hydroxyl groups excluding tert-OH is 2. The number of aliphatic hydroxyl groups is 2. The molecule has 0 bridgehead atoms. The molecule has 4 N–H and O–H groups in total. The molecule has 10 nitrogen and oxygen atoms in total. The van der Waals surface area contributed by atoms with E-state index in [1.807, 2.05) is 0 Å². The van der Waals surface area contributed by atoms with Crippen molar-refractivity contribution in [2.24, 2.45) is 0 Å². The summed E-state index contributed by atoms with van der Waals surface area (Å²) in [6, 6.07) is 33.8. The predicted octanol–water partition coefficient (Wildman–Crippen LogP) is 4.65. The molecule has 4 aromatic carbocycles. The Balaban J connectivity index is 0.000000449. The molecule has 3 heterocycles. The number of carboxylic acids is 2. The summed E-state index contributed by atoms with van der Waals surface area (Å²) in [6.07, 6.45) is 0.211. The van der Waals surface area contributed by atoms with Crippen molar-refractivity contribution in [2.75, 3.05) is 39.3 Å². The number of aromatic nitrogens is 2. The van der Waals surface area contributed by atoms with Crippen LogP contribution >= 0.6 is 0 Å². The van der Waals surface area contributed by atoms with Crippen LogP contribution in [0.2, 0.25) is 0 Å². The van der Waals surface area contributed by atoms with E-state index in [2.05, 4.69) is 116 Å². The molecular weight excluding hydrogens is 608 g/mol. The average molecular weight is 649 g/mol. The van der Waals surface area contributed by atoms with Gasteiger partial charge in [-0.15, -0.1) is 0 Å². The number of piperazine rings is 1. The van der Waals surface area contributed by atoms with E-state index in [0.29, 0.717) is 38.3 Å². The van der Waals surface area contributed by atoms with Crippen molar-refractivity contribution in [3.8, 4) is 0 Å². The molecule has 2 unspecified atom stereocenters. The highest BCUT2D eigenvalue weighted by molar-refractivity contribution is 6.08. The topological polar surface area (TPSA) is 131 Å². The summed E-state index contributed by atoms with van der Waals surface area (Å²) in [6.45, 7) is 6.03. The predicted molar refractivity (Wildman–Crippen MR) is 188 cm³/mol. The highest BCUT2D eigenvalue weighted by Crippen LogP contribution is 2.30. The molecule has 248 valence electrons. The fourth-order valence-electron chi connectivity index (χ4n) is 6.83. The Kier molecular flexibility index (Phi) is 10.2. The normalized spacial score (nSPS) is 15.6. The second-order valence-electron chi connectivity index (χ2n) is 12.2. The quantitative estimate of drug-likeness (QED) is 0.158. The van der Waals surface area contributed by atoms with E-state index in [1.54, 1.807) is 0 Å². The van der Waals surface area contributed by atoms with Crippen molar-refractivity contribution in [3.05, 3.63) is 109 Å². The monoisotopic (exact) mass is 648 g/mol. The van der Waals surface area contributed by atoms with E-state index in [1.165, 1.54) is 43.6 Å². The first-order valence-corrected chi connectivity index (χ1v) is 16.1. The number of carbonyl (C=O) groups is 2. The molecule has 2 aromatic heterocycles. The summed E-state index contributed by atoms with van der Waals surface area (Å²) < 4.78 is 4.52. The van der Waals surface area contributed by atoms with Crippen LogP contribution < -0.4 is 0 Å². The molecule has 2 atom stereocenters. The fraction of sp³-hybridized carbons (Fsp3) is 0.263. The third kappa shape index (κ3) is 7.42. The number of β-amino-alcohol motifs (C(OH)–C–C–N with tert-alkyl or cyclic N) is 2. The highest BCUT2D eigenvalue weighted by Gasteiger charge is 2.23. The number of aliphatic carboxylic acids is 2. The average Bonchev–Trinajstić information content (AvgIpc) is 3.57. The summed E-state index contributed by atoms with van der Waals surface area (Å²) in [7, 11) is 0. The van der Waals surface area contributed by atoms with Crippen LogP contribution in [0.25, 0.3) is 43.6 Å². The molecule has 0 saturated carbocycles. The fourth-order valence-corrected chi connectivity index (χ4v) is 6.83. The van der Waals surface area contributed by atoms with Crippen LogP contribution in [-0.4, -0.2) is 103 Å². The minimum absolute atomic E-state index is 0.452. The van der Waals surface area contributed by atoms with E-state index in [0.717, 1.165) is 26.2 Å². The maximum absolute atomic E-state index is 11.1. The van der Waals surface area contributed by atoms with E-state index < -0.39 is 24.1 Å². The van der Waals surface area contributed by atoms with Crippen molar-refractivity contribution in [1.82, 2.24) is 18.9 Å². The van der Waals surface area contributed by atoms with Gasteiger partial charge < -0.3 is 29.6 Å². The third-order valence-electron chi connectivity index (χ3n) is 8.92. The molecule has 48 heavy (non-hydrogen) atoms. The first-order valence-electron chi connectivity index (χ1n) is 16.1. The van der Waals surface area contributed by atoms with Crippen LogP contribution in [0.3, 0.4) is 0 Å². The van der Waals surface area contributed by atoms with Gasteiger partial charge in [0, 0.05) is 95.0 Å². The number of hydrogen-bond donors (Lipinski definition) is 4. The Morgan fingerprint density at radius 3 is 1.04 bits per heavy atom. The molecule has 0 amide bonds. The maximum atomic E-state index is 11.1. The second kappa shape index (κ2) is 14.8. The highest BCUT2D eigenvalue weighted by atomic mass is 16.4. The van der Waals surface area contributed by atoms with Gasteiger partial charge in [0.25, 0.3) is 0 Å². The van der Waals surface area contributed by atoms with Gasteiger partial charge in [-0.25, -0.2) is 9.59 Å². The largest absolute Gasteiger partial charge is 0.478 e. The first kappa shape index (κ1) is 32.9. The van der Waals surface area contributed by atoms with Gasteiger partial charge in [0.15, 0.2) is 0 Å². The molecular formula is C38H40N4O6. The van der Waals surface area contributed by atoms with Gasteiger partial charge in [-0.1, -0.05) is 72.8 Å². The Morgan fingerprint density at radius 1 is 0.500 bits per heavy atom. The molecule has 1 aliphatic rings. The van der Waals surface area contributed by atoms with Crippen LogP contribution in [0.15, 0.2) is 109 Å². The van der Waals surface area contributed by atoms with Crippen molar-refractivity contribution in [2.45, 2.75) is 25.3 Å². The van der Waals surface area contributed by atoms with Gasteiger partial charge in [-0.05, 0) is 24.3 Å². The third-order valence-corrected chi connectivity index (χ3v) is 8.92. The first-order chi connectivity index (χ1) is 23.3. The SMILES string of the molecule is O=C(O)C=CC(=O)O.OC(CN1CCN(CC(O)Cn2c3ccccc3c3ccccc32)CC1)Cn1c2ccccc2c2ccccc21. The van der Waals surface area contributed by atoms with Crippen LogP contribution in [0, 0.1) is 0 Å². The summed E-state index contributed by atoms with van der Waals surface area (Å²) >= 11 is 0. The van der Waals surface area contributed by atoms with Gasteiger partial charge in [-0.3, -0.25) is 9.80 Å². The lowest BCUT2D eigenvalue weighted by atomic mass is 10.2. The zero-order valence-corrected chi connectivity index (χ0v) is 26.6. The molecule has 7 rings (SSSR count). The number of para-hydroxylation sites is 4. The molecule has 1 saturated heterocycles. The van der Waals surface area contributed by atoms with E-state index in [4.69, 9.17) is 10.2 Å². The number of carboxylic acid groups (broad SMARTS) is 2. The van der Waals surface area contributed by atoms with Gasteiger partial charge in [-0.2, -0.15) is 0 Å². The lowest BCUT2D eigenvalue weighted by molar-refractivity contribution is -0.134. The Bertz CT molecular complexity index is 1820.